The van der Waals surface area contributed by atoms with Gasteiger partial charge in [-0.3, -0.25) is 4.79 Å². The lowest BCUT2D eigenvalue weighted by Gasteiger charge is -2.28. The van der Waals surface area contributed by atoms with Crippen LogP contribution in [-0.4, -0.2) is 39.9 Å². The molecule has 0 atom stereocenters. The topological polar surface area (TPSA) is 62.2 Å². The second-order valence-electron chi connectivity index (χ2n) is 7.18. The van der Waals surface area contributed by atoms with Crippen molar-refractivity contribution in [3.05, 3.63) is 41.3 Å². The van der Waals surface area contributed by atoms with Crippen molar-refractivity contribution in [3.8, 4) is 0 Å². The molecular formula is C20H29N5OS. The van der Waals surface area contributed by atoms with Crippen molar-refractivity contribution < 1.29 is 4.79 Å². The van der Waals surface area contributed by atoms with Crippen LogP contribution < -0.4 is 10.6 Å². The summed E-state index contributed by atoms with van der Waals surface area (Å²) in [6, 6.07) is 5.85. The summed E-state index contributed by atoms with van der Waals surface area (Å²) < 4.78 is 4.39. The minimum atomic E-state index is -0.0642. The van der Waals surface area contributed by atoms with E-state index in [4.69, 9.17) is 0 Å². The van der Waals surface area contributed by atoms with Gasteiger partial charge in [-0.1, -0.05) is 13.0 Å². The Morgan fingerprint density at radius 1 is 1.37 bits per heavy atom. The van der Waals surface area contributed by atoms with Gasteiger partial charge < -0.3 is 15.2 Å². The number of hydrogen-bond donors (Lipinski definition) is 2. The van der Waals surface area contributed by atoms with Gasteiger partial charge in [0.1, 0.15) is 11.5 Å². The highest BCUT2D eigenvalue weighted by Gasteiger charge is 2.21. The Labute approximate surface area is 165 Å². The molecule has 3 heterocycles. The molecule has 2 aromatic heterocycles. The first-order chi connectivity index (χ1) is 13.0. The summed E-state index contributed by atoms with van der Waals surface area (Å²) in [5.41, 5.74) is 2.78. The van der Waals surface area contributed by atoms with Crippen LogP contribution in [0.25, 0.3) is 0 Å². The third kappa shape index (κ3) is 4.65. The fraction of sp³-hybridized carbons (Fsp3) is 0.500. The number of piperidine rings is 1. The minimum Gasteiger partial charge on any atom is -0.373 e. The molecule has 2 N–H and O–H groups in total. The molecule has 1 aliphatic heterocycles. The molecule has 1 amide bonds. The summed E-state index contributed by atoms with van der Waals surface area (Å²) in [6.07, 6.45) is 4.22. The average molecular weight is 388 g/mol. The lowest BCUT2D eigenvalue weighted by atomic mass is 10.0. The van der Waals surface area contributed by atoms with E-state index in [1.165, 1.54) is 12.8 Å². The number of carbonyl (C=O) groups is 1. The van der Waals surface area contributed by atoms with E-state index < -0.39 is 0 Å². The lowest BCUT2D eigenvalue weighted by molar-refractivity contribution is 0.0942. The van der Waals surface area contributed by atoms with Gasteiger partial charge in [-0.15, -0.1) is 0 Å². The molecule has 2 aromatic rings. The van der Waals surface area contributed by atoms with Gasteiger partial charge in [0, 0.05) is 56.1 Å². The molecule has 0 spiro atoms. The summed E-state index contributed by atoms with van der Waals surface area (Å²) in [4.78, 5) is 18.2. The van der Waals surface area contributed by atoms with Gasteiger partial charge in [-0.2, -0.15) is 0 Å². The zero-order chi connectivity index (χ0) is 19.4. The largest absolute Gasteiger partial charge is 0.373 e. The van der Waals surface area contributed by atoms with Gasteiger partial charge in [-0.05, 0) is 49.8 Å². The maximum atomic E-state index is 12.7. The number of carbonyl (C=O) groups excluding carboxylic acids is 1. The molecule has 3 rings (SSSR count). The van der Waals surface area contributed by atoms with Crippen LogP contribution in [0.1, 0.15) is 41.5 Å². The first kappa shape index (κ1) is 19.8. The monoisotopic (exact) mass is 387 g/mol. The van der Waals surface area contributed by atoms with Crippen LogP contribution in [0.4, 0.5) is 5.82 Å². The number of nitrogens with zero attached hydrogens (tertiary/aromatic N) is 3. The molecule has 0 bridgehead atoms. The van der Waals surface area contributed by atoms with E-state index in [2.05, 4.69) is 33.8 Å². The van der Waals surface area contributed by atoms with Crippen molar-refractivity contribution in [1.29, 1.82) is 0 Å². The molecule has 0 radical (unpaired) electrons. The normalized spacial score (nSPS) is 15.7. The second-order valence-corrected chi connectivity index (χ2v) is 8.32. The summed E-state index contributed by atoms with van der Waals surface area (Å²) in [5.74, 6) is 1.54. The molecular weight excluding hydrogens is 358 g/mol. The summed E-state index contributed by atoms with van der Waals surface area (Å²) >= 11 is 1.78. The Morgan fingerprint density at radius 2 is 2.11 bits per heavy atom. The summed E-state index contributed by atoms with van der Waals surface area (Å²) in [5, 5.41) is 6.07. The van der Waals surface area contributed by atoms with Gasteiger partial charge in [0.15, 0.2) is 0 Å². The van der Waals surface area contributed by atoms with Crippen LogP contribution in [-0.2, 0) is 13.6 Å². The average Bonchev–Trinajstić information content (AvgIpc) is 2.96. The number of anilines is 1. The first-order valence-electron chi connectivity index (χ1n) is 9.48. The molecule has 1 fully saturated rings. The molecule has 0 aliphatic carbocycles. The standard InChI is InChI=1S/C20H29N5OS/c1-14-7-10-25(11-8-14)27-18-12-17(24(4)15(18)2)20(26)23-13-16-6-5-9-22-19(16)21-3/h5-6,9,12,14H,7-8,10-11,13H2,1-4H3,(H,21,22)(H,23,26). The number of amides is 1. The molecule has 0 unspecified atom stereocenters. The van der Waals surface area contributed by atoms with Gasteiger partial charge >= 0.3 is 0 Å². The van der Waals surface area contributed by atoms with E-state index in [1.54, 1.807) is 18.1 Å². The quantitative estimate of drug-likeness (QED) is 0.744. The third-order valence-corrected chi connectivity index (χ3v) is 6.49. The fourth-order valence-corrected chi connectivity index (χ4v) is 4.37. The number of rotatable bonds is 6. The number of hydrogen-bond acceptors (Lipinski definition) is 5. The summed E-state index contributed by atoms with van der Waals surface area (Å²) in [7, 11) is 3.79. The second kappa shape index (κ2) is 8.80. The van der Waals surface area contributed by atoms with E-state index >= 15 is 0 Å². The van der Waals surface area contributed by atoms with Crippen LogP contribution in [0.15, 0.2) is 29.3 Å². The Morgan fingerprint density at radius 3 is 2.81 bits per heavy atom. The molecule has 1 saturated heterocycles. The fourth-order valence-electron chi connectivity index (χ4n) is 3.27. The van der Waals surface area contributed by atoms with Gasteiger partial charge in [0.25, 0.3) is 5.91 Å². The van der Waals surface area contributed by atoms with Gasteiger partial charge in [0.2, 0.25) is 0 Å². The Bertz CT molecular complexity index is 796. The van der Waals surface area contributed by atoms with E-state index in [0.717, 1.165) is 41.0 Å². The summed E-state index contributed by atoms with van der Waals surface area (Å²) in [6.45, 7) is 7.05. The molecule has 1 aliphatic rings. The molecule has 0 saturated carbocycles. The van der Waals surface area contributed by atoms with Crippen molar-refractivity contribution in [2.75, 3.05) is 25.5 Å². The van der Waals surface area contributed by atoms with Crippen molar-refractivity contribution in [3.63, 3.8) is 0 Å². The van der Waals surface area contributed by atoms with Crippen LogP contribution in [0.3, 0.4) is 0 Å². The predicted molar refractivity (Wildman–Crippen MR) is 111 cm³/mol. The zero-order valence-electron chi connectivity index (χ0n) is 16.6. The Kier molecular flexibility index (Phi) is 6.44. The van der Waals surface area contributed by atoms with Crippen molar-refractivity contribution in [2.45, 2.75) is 38.1 Å². The van der Waals surface area contributed by atoms with E-state index in [9.17, 15) is 4.79 Å². The van der Waals surface area contributed by atoms with E-state index in [1.807, 2.05) is 36.9 Å². The SMILES string of the molecule is CNc1ncccc1CNC(=O)c1cc(SN2CCC(C)CC2)c(C)n1C. The maximum Gasteiger partial charge on any atom is 0.268 e. The molecule has 7 heteroatoms. The molecule has 27 heavy (non-hydrogen) atoms. The highest BCUT2D eigenvalue weighted by atomic mass is 32.2. The van der Waals surface area contributed by atoms with Crippen LogP contribution in [0, 0.1) is 12.8 Å². The predicted octanol–water partition coefficient (Wildman–Crippen LogP) is 3.44. The van der Waals surface area contributed by atoms with Gasteiger partial charge in [-0.25, -0.2) is 9.29 Å². The van der Waals surface area contributed by atoms with Crippen LogP contribution in [0.5, 0.6) is 0 Å². The molecule has 6 nitrogen and oxygen atoms in total. The lowest BCUT2D eigenvalue weighted by Crippen LogP contribution is -2.27. The number of nitrogens with one attached hydrogen (secondary N) is 2. The van der Waals surface area contributed by atoms with E-state index in [-0.39, 0.29) is 5.91 Å². The Balaban J connectivity index is 1.66. The smallest absolute Gasteiger partial charge is 0.268 e. The van der Waals surface area contributed by atoms with E-state index in [0.29, 0.717) is 12.2 Å². The van der Waals surface area contributed by atoms with Crippen molar-refractivity contribution >= 4 is 23.7 Å². The van der Waals surface area contributed by atoms with Crippen molar-refractivity contribution in [2.24, 2.45) is 13.0 Å². The number of aromatic nitrogens is 2. The maximum absolute atomic E-state index is 12.7. The molecule has 146 valence electrons. The zero-order valence-corrected chi connectivity index (χ0v) is 17.4. The van der Waals surface area contributed by atoms with Crippen LogP contribution in [0.2, 0.25) is 0 Å². The molecule has 0 aromatic carbocycles. The Hall–Kier alpha value is -1.99. The highest BCUT2D eigenvalue weighted by molar-refractivity contribution is 7.97. The number of pyridine rings is 1. The highest BCUT2D eigenvalue weighted by Crippen LogP contribution is 2.32. The van der Waals surface area contributed by atoms with Crippen molar-refractivity contribution in [1.82, 2.24) is 19.2 Å². The first-order valence-corrected chi connectivity index (χ1v) is 10.3. The third-order valence-electron chi connectivity index (χ3n) is 5.26. The minimum absolute atomic E-state index is 0.0642. The van der Waals surface area contributed by atoms with Crippen LogP contribution >= 0.6 is 11.9 Å². The van der Waals surface area contributed by atoms with Gasteiger partial charge in [0.05, 0.1) is 0 Å².